The number of rotatable bonds is 18. The first-order valence-corrected chi connectivity index (χ1v) is 11.0. The molecule has 0 heterocycles. The van der Waals surface area contributed by atoms with Gasteiger partial charge in [0.05, 0.1) is 6.61 Å². The molecule has 0 aromatic rings. The largest absolute Gasteiger partial charge is 1.00 e. The van der Waals surface area contributed by atoms with Gasteiger partial charge in [-0.05, 0) is 6.42 Å². The molecule has 0 spiro atoms. The van der Waals surface area contributed by atoms with Gasteiger partial charge in [-0.15, -0.1) is 0 Å². The summed E-state index contributed by atoms with van der Waals surface area (Å²) in [4.78, 5) is 0. The van der Waals surface area contributed by atoms with Crippen molar-refractivity contribution in [2.24, 2.45) is 0 Å². The van der Waals surface area contributed by atoms with E-state index in [9.17, 15) is 13.0 Å². The Morgan fingerprint density at radius 1 is 0.625 bits per heavy atom. The van der Waals surface area contributed by atoms with E-state index < -0.39 is 10.4 Å². The Balaban J connectivity index is 0. The van der Waals surface area contributed by atoms with Gasteiger partial charge in [-0.25, -0.2) is 8.42 Å². The van der Waals surface area contributed by atoms with E-state index in [1.54, 1.807) is 0 Å². The number of hydrogen-bond acceptors (Lipinski definition) is 4. The van der Waals surface area contributed by atoms with Crippen LogP contribution in [-0.2, 0) is 14.6 Å². The molecule has 0 bridgehead atoms. The maximum Gasteiger partial charge on any atom is 1.00 e. The fourth-order valence-corrected chi connectivity index (χ4v) is 3.13. The average Bonchev–Trinajstić information content (AvgIpc) is 2.49. The molecule has 0 aliphatic rings. The molecule has 0 unspecified atom stereocenters. The van der Waals surface area contributed by atoms with E-state index in [0.29, 0.717) is 6.42 Å². The molecule has 24 heavy (non-hydrogen) atoms. The SMILES string of the molecule is CCCCCCCCCCCCCCCCCCOS(=O)(=O)[O-].[Na+]. The summed E-state index contributed by atoms with van der Waals surface area (Å²) in [5.74, 6) is 0. The van der Waals surface area contributed by atoms with E-state index in [4.69, 9.17) is 0 Å². The minimum absolute atomic E-state index is 0. The molecular weight excluding hydrogens is 335 g/mol. The van der Waals surface area contributed by atoms with Crippen molar-refractivity contribution >= 4 is 10.4 Å². The fraction of sp³-hybridized carbons (Fsp3) is 1.00. The van der Waals surface area contributed by atoms with Crippen LogP contribution in [0.4, 0.5) is 0 Å². The maximum absolute atomic E-state index is 10.2. The maximum atomic E-state index is 10.2. The first-order chi connectivity index (χ1) is 11.1. The Bertz CT molecular complexity index is 334. The molecule has 6 heteroatoms. The summed E-state index contributed by atoms with van der Waals surface area (Å²) >= 11 is 0. The number of hydrogen-bond donors (Lipinski definition) is 0. The van der Waals surface area contributed by atoms with Crippen LogP contribution < -0.4 is 29.6 Å². The zero-order valence-electron chi connectivity index (χ0n) is 16.1. The van der Waals surface area contributed by atoms with E-state index in [1.807, 2.05) is 0 Å². The molecule has 0 N–H and O–H groups in total. The molecule has 4 nitrogen and oxygen atoms in total. The molecule has 0 saturated carbocycles. The van der Waals surface area contributed by atoms with Gasteiger partial charge in [0, 0.05) is 0 Å². The molecule has 0 rings (SSSR count). The summed E-state index contributed by atoms with van der Waals surface area (Å²) in [6, 6.07) is 0. The van der Waals surface area contributed by atoms with Crippen LogP contribution in [0.5, 0.6) is 0 Å². The second kappa shape index (κ2) is 20.2. The van der Waals surface area contributed by atoms with Gasteiger partial charge < -0.3 is 4.55 Å². The molecule has 0 aliphatic carbocycles. The van der Waals surface area contributed by atoms with Crippen LogP contribution in [0.1, 0.15) is 110 Å². The van der Waals surface area contributed by atoms with Gasteiger partial charge in [-0.1, -0.05) is 103 Å². The van der Waals surface area contributed by atoms with Gasteiger partial charge in [0.1, 0.15) is 0 Å². The van der Waals surface area contributed by atoms with Crippen LogP contribution in [-0.4, -0.2) is 19.6 Å². The van der Waals surface area contributed by atoms with Gasteiger partial charge in [-0.3, -0.25) is 4.18 Å². The Kier molecular flexibility index (Phi) is 22.8. The van der Waals surface area contributed by atoms with Crippen molar-refractivity contribution in [3.63, 3.8) is 0 Å². The Morgan fingerprint density at radius 3 is 1.21 bits per heavy atom. The predicted octanol–water partition coefficient (Wildman–Crippen LogP) is 2.73. The quantitative estimate of drug-likeness (QED) is 0.161. The third kappa shape index (κ3) is 25.1. The molecule has 0 atom stereocenters. The van der Waals surface area contributed by atoms with Crippen LogP contribution in [0.15, 0.2) is 0 Å². The molecule has 0 radical (unpaired) electrons. The Hall–Kier alpha value is 0.870. The first kappa shape index (κ1) is 27.1. The zero-order valence-corrected chi connectivity index (χ0v) is 18.9. The molecule has 0 fully saturated rings. The van der Waals surface area contributed by atoms with Gasteiger partial charge in [0.25, 0.3) is 0 Å². The van der Waals surface area contributed by atoms with E-state index in [2.05, 4.69) is 11.1 Å². The monoisotopic (exact) mass is 372 g/mol. The summed E-state index contributed by atoms with van der Waals surface area (Å²) in [5, 5.41) is 0. The van der Waals surface area contributed by atoms with Gasteiger partial charge in [0.15, 0.2) is 0 Å². The third-order valence-electron chi connectivity index (χ3n) is 4.23. The Labute approximate surface area is 172 Å². The van der Waals surface area contributed by atoms with Crippen LogP contribution in [0.2, 0.25) is 0 Å². The molecular formula is C18H37NaO4S. The smallest absolute Gasteiger partial charge is 0.726 e. The summed E-state index contributed by atoms with van der Waals surface area (Å²) in [7, 11) is -4.49. The minimum atomic E-state index is -4.49. The van der Waals surface area contributed by atoms with Crippen molar-refractivity contribution in [1.29, 1.82) is 0 Å². The van der Waals surface area contributed by atoms with Crippen LogP contribution in [0, 0.1) is 0 Å². The van der Waals surface area contributed by atoms with E-state index in [1.165, 1.54) is 83.5 Å². The van der Waals surface area contributed by atoms with Gasteiger partial charge in [0.2, 0.25) is 10.4 Å². The van der Waals surface area contributed by atoms with Crippen molar-refractivity contribution in [2.75, 3.05) is 6.61 Å². The fourth-order valence-electron chi connectivity index (χ4n) is 2.81. The summed E-state index contributed by atoms with van der Waals surface area (Å²) in [5.41, 5.74) is 0. The van der Waals surface area contributed by atoms with Gasteiger partial charge >= 0.3 is 29.6 Å². The molecule has 0 amide bonds. The van der Waals surface area contributed by atoms with Crippen molar-refractivity contribution < 1.29 is 46.7 Å². The van der Waals surface area contributed by atoms with Crippen LogP contribution >= 0.6 is 0 Å². The number of unbranched alkanes of at least 4 members (excludes halogenated alkanes) is 15. The average molecular weight is 373 g/mol. The van der Waals surface area contributed by atoms with Crippen molar-refractivity contribution in [1.82, 2.24) is 0 Å². The summed E-state index contributed by atoms with van der Waals surface area (Å²) in [6.45, 7) is 2.29. The standard InChI is InChI=1S/C18H38O4S.Na/c1-2-3-4-5-6-7-8-9-10-11-12-13-14-15-16-17-18-22-23(19,20)21;/h2-18H2,1H3,(H,19,20,21);/q;+1/p-1. The molecule has 0 aliphatic heterocycles. The Morgan fingerprint density at radius 2 is 0.917 bits per heavy atom. The molecule has 140 valence electrons. The topological polar surface area (TPSA) is 66.4 Å². The molecule has 0 aromatic carbocycles. The molecule has 0 saturated heterocycles. The third-order valence-corrected chi connectivity index (χ3v) is 4.68. The zero-order chi connectivity index (χ0) is 17.2. The first-order valence-electron chi connectivity index (χ1n) is 9.66. The van der Waals surface area contributed by atoms with E-state index in [-0.39, 0.29) is 36.2 Å². The minimum Gasteiger partial charge on any atom is -0.726 e. The van der Waals surface area contributed by atoms with Crippen LogP contribution in [0.3, 0.4) is 0 Å². The molecule has 0 aromatic heterocycles. The van der Waals surface area contributed by atoms with E-state index >= 15 is 0 Å². The predicted molar refractivity (Wildman–Crippen MR) is 95.2 cm³/mol. The van der Waals surface area contributed by atoms with Gasteiger partial charge in [-0.2, -0.15) is 0 Å². The second-order valence-electron chi connectivity index (χ2n) is 6.53. The van der Waals surface area contributed by atoms with Crippen LogP contribution in [0.25, 0.3) is 0 Å². The second-order valence-corrected chi connectivity index (χ2v) is 7.59. The van der Waals surface area contributed by atoms with Crippen molar-refractivity contribution in [3.05, 3.63) is 0 Å². The van der Waals surface area contributed by atoms with E-state index in [0.717, 1.165) is 12.8 Å². The summed E-state index contributed by atoms with van der Waals surface area (Å²) in [6.07, 6.45) is 20.3. The van der Waals surface area contributed by atoms with Crippen molar-refractivity contribution in [3.8, 4) is 0 Å². The summed E-state index contributed by atoms with van der Waals surface area (Å²) < 4.78 is 34.8. The van der Waals surface area contributed by atoms with Crippen molar-refractivity contribution in [2.45, 2.75) is 110 Å². The normalized spacial score (nSPS) is 11.4.